The number of hydrogen-bond acceptors (Lipinski definition) is 3. The van der Waals surface area contributed by atoms with E-state index in [1.165, 1.54) is 19.1 Å². The lowest BCUT2D eigenvalue weighted by Gasteiger charge is -2.06. The molecule has 2 N–H and O–H groups in total. The lowest BCUT2D eigenvalue weighted by molar-refractivity contribution is -0.124. The summed E-state index contributed by atoms with van der Waals surface area (Å²) in [4.78, 5) is 32.8. The van der Waals surface area contributed by atoms with Crippen molar-refractivity contribution in [3.8, 4) is 0 Å². The van der Waals surface area contributed by atoms with Gasteiger partial charge in [0.05, 0.1) is 12.0 Å². The summed E-state index contributed by atoms with van der Waals surface area (Å²) in [6, 6.07) is 4.47. The van der Waals surface area contributed by atoms with Crippen LogP contribution in [0, 0.1) is 6.92 Å². The summed E-state index contributed by atoms with van der Waals surface area (Å²) in [5, 5.41) is 11.4. The second-order valence-corrected chi connectivity index (χ2v) is 3.76. The van der Waals surface area contributed by atoms with Gasteiger partial charge in [0.2, 0.25) is 5.91 Å². The predicted octanol–water partition coefficient (Wildman–Crippen LogP) is 1.61. The van der Waals surface area contributed by atoms with Crippen molar-refractivity contribution in [2.45, 2.75) is 20.3 Å². The van der Waals surface area contributed by atoms with Gasteiger partial charge in [0.15, 0.2) is 0 Å². The van der Waals surface area contributed by atoms with E-state index in [1.54, 1.807) is 13.0 Å². The highest BCUT2D eigenvalue weighted by Crippen LogP contribution is 2.15. The molecule has 90 valence electrons. The van der Waals surface area contributed by atoms with Gasteiger partial charge in [-0.3, -0.25) is 9.59 Å². The van der Waals surface area contributed by atoms with Crippen LogP contribution in [0.3, 0.4) is 0 Å². The van der Waals surface area contributed by atoms with Crippen LogP contribution in [0.4, 0.5) is 5.69 Å². The molecule has 0 fully saturated rings. The number of benzene rings is 1. The largest absolute Gasteiger partial charge is 0.478 e. The minimum absolute atomic E-state index is 0.181. The molecule has 0 radical (unpaired) electrons. The molecule has 1 aromatic carbocycles. The Labute approximate surface area is 98.4 Å². The first-order valence-electron chi connectivity index (χ1n) is 5.03. The smallest absolute Gasteiger partial charge is 0.335 e. The van der Waals surface area contributed by atoms with Crippen LogP contribution in [0.25, 0.3) is 0 Å². The Bertz CT molecular complexity index is 479. The minimum atomic E-state index is -1.01. The standard InChI is InChI=1S/C12H13NO4/c1-7-5-9(3-4-10(7)12(16)17)13-11(15)6-8(2)14/h3-5H,6H2,1-2H3,(H,13,15)(H,16,17). The Hall–Kier alpha value is -2.17. The maximum Gasteiger partial charge on any atom is 0.335 e. The lowest BCUT2D eigenvalue weighted by atomic mass is 10.1. The first kappa shape index (κ1) is 12.9. The molecule has 0 aliphatic heterocycles. The zero-order chi connectivity index (χ0) is 13.0. The van der Waals surface area contributed by atoms with E-state index >= 15 is 0 Å². The van der Waals surface area contributed by atoms with Crippen molar-refractivity contribution in [3.05, 3.63) is 29.3 Å². The van der Waals surface area contributed by atoms with E-state index in [2.05, 4.69) is 5.32 Å². The highest BCUT2D eigenvalue weighted by atomic mass is 16.4. The third-order valence-electron chi connectivity index (χ3n) is 2.15. The number of carboxylic acids is 1. The summed E-state index contributed by atoms with van der Waals surface area (Å²) in [6.07, 6.45) is -0.181. The number of carbonyl (C=O) groups excluding carboxylic acids is 2. The van der Waals surface area contributed by atoms with Gasteiger partial charge in [0.1, 0.15) is 5.78 Å². The number of carboxylic acid groups (broad SMARTS) is 1. The van der Waals surface area contributed by atoms with Gasteiger partial charge >= 0.3 is 5.97 Å². The quantitative estimate of drug-likeness (QED) is 0.776. The van der Waals surface area contributed by atoms with Crippen molar-refractivity contribution >= 4 is 23.3 Å². The first-order chi connectivity index (χ1) is 7.90. The molecule has 1 aromatic rings. The summed E-state index contributed by atoms with van der Waals surface area (Å²) in [5.41, 5.74) is 1.23. The van der Waals surface area contributed by atoms with E-state index in [1.807, 2.05) is 0 Å². The van der Waals surface area contributed by atoms with Gasteiger partial charge in [0, 0.05) is 5.69 Å². The molecule has 0 heterocycles. The molecule has 0 unspecified atom stereocenters. The van der Waals surface area contributed by atoms with Gasteiger partial charge in [-0.05, 0) is 37.6 Å². The Balaban J connectivity index is 2.81. The topological polar surface area (TPSA) is 83.5 Å². The van der Waals surface area contributed by atoms with Crippen molar-refractivity contribution in [3.63, 3.8) is 0 Å². The van der Waals surface area contributed by atoms with Gasteiger partial charge in [-0.2, -0.15) is 0 Å². The number of aryl methyl sites for hydroxylation is 1. The van der Waals surface area contributed by atoms with Gasteiger partial charge in [-0.1, -0.05) is 0 Å². The lowest BCUT2D eigenvalue weighted by Crippen LogP contribution is -2.15. The maximum atomic E-state index is 11.3. The number of Topliss-reactive ketones (excluding diaryl/α,β-unsaturated/α-hetero) is 1. The van der Waals surface area contributed by atoms with Crippen molar-refractivity contribution in [1.29, 1.82) is 0 Å². The fourth-order valence-electron chi connectivity index (χ4n) is 1.41. The van der Waals surface area contributed by atoms with Gasteiger partial charge in [-0.25, -0.2) is 4.79 Å². The number of aromatic carboxylic acids is 1. The van der Waals surface area contributed by atoms with Crippen LogP contribution in [0.5, 0.6) is 0 Å². The van der Waals surface area contributed by atoms with Gasteiger partial charge in [-0.15, -0.1) is 0 Å². The summed E-state index contributed by atoms with van der Waals surface area (Å²) in [6.45, 7) is 2.97. The summed E-state index contributed by atoms with van der Waals surface area (Å²) in [5.74, 6) is -1.63. The second-order valence-electron chi connectivity index (χ2n) is 3.76. The number of anilines is 1. The average molecular weight is 235 g/mol. The van der Waals surface area contributed by atoms with Gasteiger partial charge < -0.3 is 10.4 Å². The molecule has 17 heavy (non-hydrogen) atoms. The number of rotatable bonds is 4. The number of ketones is 1. The van der Waals surface area contributed by atoms with Crippen LogP contribution < -0.4 is 5.32 Å². The molecule has 0 atom stereocenters. The number of hydrogen-bond donors (Lipinski definition) is 2. The zero-order valence-electron chi connectivity index (χ0n) is 9.61. The van der Waals surface area contributed by atoms with E-state index in [0.29, 0.717) is 11.3 Å². The average Bonchev–Trinajstić information content (AvgIpc) is 2.15. The van der Waals surface area contributed by atoms with Crippen LogP contribution in [0.15, 0.2) is 18.2 Å². The first-order valence-corrected chi connectivity index (χ1v) is 5.03. The predicted molar refractivity (Wildman–Crippen MR) is 62.1 cm³/mol. The fraction of sp³-hybridized carbons (Fsp3) is 0.250. The molecule has 0 bridgehead atoms. The summed E-state index contributed by atoms with van der Waals surface area (Å²) in [7, 11) is 0. The van der Waals surface area contributed by atoms with E-state index in [0.717, 1.165) is 0 Å². The summed E-state index contributed by atoms with van der Waals surface area (Å²) < 4.78 is 0. The molecule has 0 spiro atoms. The zero-order valence-corrected chi connectivity index (χ0v) is 9.61. The molecule has 5 heteroatoms. The SMILES string of the molecule is CC(=O)CC(=O)Nc1ccc(C(=O)O)c(C)c1. The molecular weight excluding hydrogens is 222 g/mol. The van der Waals surface area contributed by atoms with Crippen LogP contribution >= 0.6 is 0 Å². The monoisotopic (exact) mass is 235 g/mol. The van der Waals surface area contributed by atoms with E-state index < -0.39 is 11.9 Å². The molecule has 0 aromatic heterocycles. The van der Waals surface area contributed by atoms with Crippen molar-refractivity contribution in [2.24, 2.45) is 0 Å². The number of carbonyl (C=O) groups is 3. The van der Waals surface area contributed by atoms with E-state index in [9.17, 15) is 14.4 Å². The van der Waals surface area contributed by atoms with E-state index in [4.69, 9.17) is 5.11 Å². The molecule has 1 amide bonds. The highest BCUT2D eigenvalue weighted by Gasteiger charge is 2.09. The van der Waals surface area contributed by atoms with Gasteiger partial charge in [0.25, 0.3) is 0 Å². The normalized spacial score (nSPS) is 9.76. The van der Waals surface area contributed by atoms with E-state index in [-0.39, 0.29) is 17.8 Å². The van der Waals surface area contributed by atoms with Crippen LogP contribution in [0.2, 0.25) is 0 Å². The Kier molecular flexibility index (Phi) is 3.98. The Morgan fingerprint density at radius 1 is 1.29 bits per heavy atom. The highest BCUT2D eigenvalue weighted by molar-refractivity contribution is 6.03. The number of amides is 1. The molecular formula is C12H13NO4. The minimum Gasteiger partial charge on any atom is -0.478 e. The second kappa shape index (κ2) is 5.25. The third kappa shape index (κ3) is 3.71. The van der Waals surface area contributed by atoms with Crippen LogP contribution in [-0.2, 0) is 9.59 Å². The molecule has 0 saturated heterocycles. The Morgan fingerprint density at radius 2 is 1.94 bits per heavy atom. The molecule has 5 nitrogen and oxygen atoms in total. The third-order valence-corrected chi connectivity index (χ3v) is 2.15. The van der Waals surface area contributed by atoms with Crippen LogP contribution in [0.1, 0.15) is 29.3 Å². The van der Waals surface area contributed by atoms with Crippen molar-refractivity contribution < 1.29 is 19.5 Å². The van der Waals surface area contributed by atoms with Crippen molar-refractivity contribution in [2.75, 3.05) is 5.32 Å². The van der Waals surface area contributed by atoms with Crippen molar-refractivity contribution in [1.82, 2.24) is 0 Å². The van der Waals surface area contributed by atoms with Crippen LogP contribution in [-0.4, -0.2) is 22.8 Å². The molecule has 0 aliphatic rings. The fourth-order valence-corrected chi connectivity index (χ4v) is 1.41. The molecule has 0 aliphatic carbocycles. The number of nitrogens with one attached hydrogen (secondary N) is 1. The molecule has 0 saturated carbocycles. The maximum absolute atomic E-state index is 11.3. The Morgan fingerprint density at radius 3 is 2.41 bits per heavy atom. The molecule has 1 rings (SSSR count). The summed E-state index contributed by atoms with van der Waals surface area (Å²) >= 11 is 0.